The number of likely N-dealkylation sites (tertiary alicyclic amines) is 1. The van der Waals surface area contributed by atoms with Crippen molar-refractivity contribution in [3.63, 3.8) is 0 Å². The summed E-state index contributed by atoms with van der Waals surface area (Å²) in [6, 6.07) is 6.83. The van der Waals surface area contributed by atoms with Crippen molar-refractivity contribution in [2.75, 3.05) is 0 Å². The standard InChI is InChI=1S/C13H13NO3/c1-9-5-7-10(8-6-9)13(17)14-11(15)3-2-4-12(14)16/h5-8H,2-4H2,1H3. The van der Waals surface area contributed by atoms with Crippen molar-refractivity contribution in [1.29, 1.82) is 0 Å². The zero-order valence-electron chi connectivity index (χ0n) is 9.60. The van der Waals surface area contributed by atoms with Gasteiger partial charge in [-0.15, -0.1) is 0 Å². The fourth-order valence-corrected chi connectivity index (χ4v) is 1.81. The monoisotopic (exact) mass is 231 g/mol. The number of carbonyl (C=O) groups excluding carboxylic acids is 3. The molecular formula is C13H13NO3. The topological polar surface area (TPSA) is 54.5 Å². The maximum absolute atomic E-state index is 12.0. The van der Waals surface area contributed by atoms with Crippen LogP contribution in [-0.2, 0) is 9.59 Å². The molecule has 0 bridgehead atoms. The van der Waals surface area contributed by atoms with Crippen LogP contribution in [0, 0.1) is 6.92 Å². The van der Waals surface area contributed by atoms with Gasteiger partial charge in [0.15, 0.2) is 0 Å². The Balaban J connectivity index is 2.27. The number of nitrogens with zero attached hydrogens (tertiary/aromatic N) is 1. The van der Waals surface area contributed by atoms with Gasteiger partial charge in [0, 0.05) is 18.4 Å². The van der Waals surface area contributed by atoms with Crippen molar-refractivity contribution >= 4 is 17.7 Å². The molecule has 0 unspecified atom stereocenters. The Labute approximate surface area is 99.2 Å². The van der Waals surface area contributed by atoms with Crippen molar-refractivity contribution in [1.82, 2.24) is 4.90 Å². The van der Waals surface area contributed by atoms with Crippen LogP contribution in [0.15, 0.2) is 24.3 Å². The van der Waals surface area contributed by atoms with Crippen LogP contribution in [0.2, 0.25) is 0 Å². The minimum atomic E-state index is -0.514. The number of hydrogen-bond donors (Lipinski definition) is 0. The van der Waals surface area contributed by atoms with E-state index in [0.717, 1.165) is 10.5 Å². The molecule has 1 aromatic rings. The number of piperidine rings is 1. The molecular weight excluding hydrogens is 218 g/mol. The first-order valence-corrected chi connectivity index (χ1v) is 5.56. The summed E-state index contributed by atoms with van der Waals surface area (Å²) in [7, 11) is 0. The SMILES string of the molecule is Cc1ccc(C(=O)N2C(=O)CCCC2=O)cc1. The first kappa shape index (κ1) is 11.5. The van der Waals surface area contributed by atoms with E-state index >= 15 is 0 Å². The molecule has 17 heavy (non-hydrogen) atoms. The number of hydrogen-bond acceptors (Lipinski definition) is 3. The van der Waals surface area contributed by atoms with Crippen LogP contribution in [-0.4, -0.2) is 22.6 Å². The Morgan fingerprint density at radius 1 is 1.06 bits per heavy atom. The number of amides is 3. The summed E-state index contributed by atoms with van der Waals surface area (Å²) in [5.74, 6) is -1.31. The zero-order valence-corrected chi connectivity index (χ0v) is 9.60. The Hall–Kier alpha value is -1.97. The van der Waals surface area contributed by atoms with E-state index in [-0.39, 0.29) is 12.8 Å². The third-order valence-electron chi connectivity index (χ3n) is 2.78. The molecule has 1 aliphatic rings. The molecule has 0 radical (unpaired) electrons. The van der Waals surface area contributed by atoms with Crippen LogP contribution in [0.25, 0.3) is 0 Å². The molecule has 0 aromatic heterocycles. The molecule has 4 nitrogen and oxygen atoms in total. The number of aryl methyl sites for hydroxylation is 1. The van der Waals surface area contributed by atoms with Crippen LogP contribution in [0.5, 0.6) is 0 Å². The van der Waals surface area contributed by atoms with Gasteiger partial charge >= 0.3 is 0 Å². The average molecular weight is 231 g/mol. The van der Waals surface area contributed by atoms with E-state index in [1.165, 1.54) is 0 Å². The third-order valence-corrected chi connectivity index (χ3v) is 2.78. The van der Waals surface area contributed by atoms with Gasteiger partial charge in [0.25, 0.3) is 5.91 Å². The smallest absolute Gasteiger partial charge is 0.267 e. The lowest BCUT2D eigenvalue weighted by atomic mass is 10.1. The van der Waals surface area contributed by atoms with E-state index in [0.29, 0.717) is 12.0 Å². The van der Waals surface area contributed by atoms with Crippen LogP contribution in [0.4, 0.5) is 0 Å². The van der Waals surface area contributed by atoms with Gasteiger partial charge in [-0.1, -0.05) is 17.7 Å². The van der Waals surface area contributed by atoms with Crippen LogP contribution >= 0.6 is 0 Å². The lowest BCUT2D eigenvalue weighted by Gasteiger charge is -2.22. The van der Waals surface area contributed by atoms with Crippen molar-refractivity contribution in [3.05, 3.63) is 35.4 Å². The molecule has 0 atom stereocenters. The normalized spacial score (nSPS) is 16.2. The molecule has 1 fully saturated rings. The fraction of sp³-hybridized carbons (Fsp3) is 0.308. The minimum absolute atomic E-state index is 0.267. The summed E-state index contributed by atoms with van der Waals surface area (Å²) in [5.41, 5.74) is 1.40. The van der Waals surface area contributed by atoms with Gasteiger partial charge in [0.2, 0.25) is 11.8 Å². The molecule has 2 rings (SSSR count). The number of benzene rings is 1. The molecule has 0 N–H and O–H groups in total. The summed E-state index contributed by atoms with van der Waals surface area (Å²) in [4.78, 5) is 35.9. The van der Waals surface area contributed by atoms with Gasteiger partial charge in [-0.2, -0.15) is 0 Å². The molecule has 3 amide bonds. The second kappa shape index (κ2) is 4.49. The molecule has 0 aliphatic carbocycles. The maximum atomic E-state index is 12.0. The third kappa shape index (κ3) is 2.25. The second-order valence-electron chi connectivity index (χ2n) is 4.15. The first-order valence-electron chi connectivity index (χ1n) is 5.56. The molecule has 0 saturated carbocycles. The molecule has 1 aliphatic heterocycles. The minimum Gasteiger partial charge on any atom is -0.274 e. The Kier molecular flexibility index (Phi) is 3.04. The Morgan fingerprint density at radius 3 is 2.12 bits per heavy atom. The van der Waals surface area contributed by atoms with E-state index in [1.807, 2.05) is 6.92 Å². The van der Waals surface area contributed by atoms with Gasteiger partial charge < -0.3 is 0 Å². The number of imide groups is 3. The molecule has 1 heterocycles. The molecule has 0 spiro atoms. The number of rotatable bonds is 1. The van der Waals surface area contributed by atoms with E-state index in [9.17, 15) is 14.4 Å². The van der Waals surface area contributed by atoms with Crippen LogP contribution in [0.3, 0.4) is 0 Å². The van der Waals surface area contributed by atoms with Gasteiger partial charge in [-0.05, 0) is 25.5 Å². The highest BCUT2D eigenvalue weighted by Gasteiger charge is 2.32. The molecule has 88 valence electrons. The maximum Gasteiger partial charge on any atom is 0.267 e. The van der Waals surface area contributed by atoms with E-state index in [1.54, 1.807) is 24.3 Å². The largest absolute Gasteiger partial charge is 0.274 e. The quantitative estimate of drug-likeness (QED) is 0.691. The van der Waals surface area contributed by atoms with Crippen molar-refractivity contribution in [2.45, 2.75) is 26.2 Å². The average Bonchev–Trinajstić information content (AvgIpc) is 2.29. The van der Waals surface area contributed by atoms with Gasteiger partial charge in [0.05, 0.1) is 0 Å². The second-order valence-corrected chi connectivity index (χ2v) is 4.15. The summed E-state index contributed by atoms with van der Waals surface area (Å²) >= 11 is 0. The first-order chi connectivity index (χ1) is 8.09. The van der Waals surface area contributed by atoms with Crippen molar-refractivity contribution in [2.24, 2.45) is 0 Å². The van der Waals surface area contributed by atoms with Crippen molar-refractivity contribution in [3.8, 4) is 0 Å². The van der Waals surface area contributed by atoms with Gasteiger partial charge in [0.1, 0.15) is 0 Å². The summed E-state index contributed by atoms with van der Waals surface area (Å²) < 4.78 is 0. The number of carbonyl (C=O) groups is 3. The van der Waals surface area contributed by atoms with Crippen LogP contribution in [0.1, 0.15) is 35.2 Å². The Bertz CT molecular complexity index is 460. The lowest BCUT2D eigenvalue weighted by Crippen LogP contribution is -2.44. The van der Waals surface area contributed by atoms with Gasteiger partial charge in [-0.25, -0.2) is 4.90 Å². The molecule has 4 heteroatoms. The summed E-state index contributed by atoms with van der Waals surface area (Å²) in [6.45, 7) is 1.91. The summed E-state index contributed by atoms with van der Waals surface area (Å²) in [6.07, 6.45) is 1.07. The van der Waals surface area contributed by atoms with E-state index < -0.39 is 17.7 Å². The van der Waals surface area contributed by atoms with E-state index in [4.69, 9.17) is 0 Å². The molecule has 1 saturated heterocycles. The highest BCUT2D eigenvalue weighted by molar-refractivity contribution is 6.17. The fourth-order valence-electron chi connectivity index (χ4n) is 1.81. The van der Waals surface area contributed by atoms with Crippen molar-refractivity contribution < 1.29 is 14.4 Å². The highest BCUT2D eigenvalue weighted by Crippen LogP contribution is 2.16. The zero-order chi connectivity index (χ0) is 12.4. The van der Waals surface area contributed by atoms with Crippen LogP contribution < -0.4 is 0 Å². The predicted octanol–water partition coefficient (Wildman–Crippen LogP) is 1.67. The van der Waals surface area contributed by atoms with E-state index in [2.05, 4.69) is 0 Å². The van der Waals surface area contributed by atoms with Gasteiger partial charge in [-0.3, -0.25) is 14.4 Å². The molecule has 1 aromatic carbocycles. The Morgan fingerprint density at radius 2 is 1.59 bits per heavy atom. The predicted molar refractivity (Wildman–Crippen MR) is 61.2 cm³/mol. The lowest BCUT2D eigenvalue weighted by molar-refractivity contribution is -0.144. The summed E-state index contributed by atoms with van der Waals surface area (Å²) in [5, 5.41) is 0. The highest BCUT2D eigenvalue weighted by atomic mass is 16.2.